The van der Waals surface area contributed by atoms with Crippen LogP contribution in [0.25, 0.3) is 10.9 Å². The molecule has 1 saturated heterocycles. The van der Waals surface area contributed by atoms with Crippen LogP contribution in [-0.2, 0) is 0 Å². The first-order valence-electron chi connectivity index (χ1n) is 8.29. The third kappa shape index (κ3) is 3.44. The van der Waals surface area contributed by atoms with Gasteiger partial charge in [0.15, 0.2) is 0 Å². The van der Waals surface area contributed by atoms with Crippen LogP contribution in [0.2, 0.25) is 0 Å². The van der Waals surface area contributed by atoms with E-state index in [-0.39, 0.29) is 12.1 Å². The molecule has 5 nitrogen and oxygen atoms in total. The summed E-state index contributed by atoms with van der Waals surface area (Å²) in [7, 11) is 1.68. The van der Waals surface area contributed by atoms with E-state index >= 15 is 0 Å². The quantitative estimate of drug-likeness (QED) is 0.911. The number of aromatic nitrogens is 1. The van der Waals surface area contributed by atoms with E-state index < -0.39 is 0 Å². The molecule has 3 rings (SSSR count). The number of carbonyl (C=O) groups is 1. The van der Waals surface area contributed by atoms with E-state index in [4.69, 9.17) is 4.74 Å². The van der Waals surface area contributed by atoms with Crippen LogP contribution in [0.15, 0.2) is 24.3 Å². The van der Waals surface area contributed by atoms with Crippen LogP contribution in [0.5, 0.6) is 5.75 Å². The number of ether oxygens (including phenoxy) is 1. The minimum Gasteiger partial charge on any atom is -0.497 e. The van der Waals surface area contributed by atoms with Gasteiger partial charge in [0.05, 0.1) is 7.11 Å². The molecular weight excluding hydrogens is 290 g/mol. The van der Waals surface area contributed by atoms with Crippen molar-refractivity contribution in [2.45, 2.75) is 38.6 Å². The van der Waals surface area contributed by atoms with Crippen LogP contribution >= 0.6 is 0 Å². The van der Waals surface area contributed by atoms with E-state index in [1.807, 2.05) is 36.9 Å². The van der Waals surface area contributed by atoms with Crippen molar-refractivity contribution in [3.63, 3.8) is 0 Å². The van der Waals surface area contributed by atoms with E-state index in [2.05, 4.69) is 16.4 Å². The second-order valence-electron chi connectivity index (χ2n) is 6.57. The molecule has 1 aromatic carbocycles. The second kappa shape index (κ2) is 6.52. The lowest BCUT2D eigenvalue weighted by Crippen LogP contribution is -2.47. The summed E-state index contributed by atoms with van der Waals surface area (Å²) in [4.78, 5) is 17.7. The van der Waals surface area contributed by atoms with Crippen LogP contribution in [0, 0.1) is 0 Å². The number of H-pyrrole nitrogens is 1. The van der Waals surface area contributed by atoms with Gasteiger partial charge in [0.2, 0.25) is 0 Å². The number of rotatable bonds is 3. The molecule has 5 heteroatoms. The molecule has 1 fully saturated rings. The van der Waals surface area contributed by atoms with E-state index in [0.29, 0.717) is 5.92 Å². The molecule has 23 heavy (non-hydrogen) atoms. The fourth-order valence-corrected chi connectivity index (χ4v) is 3.23. The lowest BCUT2D eigenvalue weighted by atomic mass is 9.95. The Hall–Kier alpha value is -2.17. The normalized spacial score (nSPS) is 18.4. The minimum atomic E-state index is 0.0440. The Kier molecular flexibility index (Phi) is 4.46. The van der Waals surface area contributed by atoms with E-state index in [1.54, 1.807) is 7.11 Å². The minimum absolute atomic E-state index is 0.0440. The average molecular weight is 315 g/mol. The smallest absolute Gasteiger partial charge is 0.317 e. The maximum Gasteiger partial charge on any atom is 0.317 e. The number of hydrogen-bond acceptors (Lipinski definition) is 2. The topological polar surface area (TPSA) is 57.4 Å². The zero-order valence-electron chi connectivity index (χ0n) is 14.1. The lowest BCUT2D eigenvalue weighted by molar-refractivity contribution is 0.177. The van der Waals surface area contributed by atoms with Gasteiger partial charge in [0.25, 0.3) is 0 Å². The van der Waals surface area contributed by atoms with Gasteiger partial charge in [-0.1, -0.05) is 0 Å². The Morgan fingerprint density at radius 1 is 1.39 bits per heavy atom. The van der Waals surface area contributed by atoms with Gasteiger partial charge < -0.3 is 19.9 Å². The Bertz CT molecular complexity index is 693. The molecule has 0 spiro atoms. The van der Waals surface area contributed by atoms with Crippen molar-refractivity contribution in [1.29, 1.82) is 0 Å². The van der Waals surface area contributed by atoms with Crippen LogP contribution in [0.4, 0.5) is 4.79 Å². The fourth-order valence-electron chi connectivity index (χ4n) is 3.23. The van der Waals surface area contributed by atoms with Gasteiger partial charge in [-0.25, -0.2) is 4.79 Å². The number of benzene rings is 1. The first-order chi connectivity index (χ1) is 11.1. The Balaban J connectivity index is 1.77. The molecule has 1 aliphatic rings. The van der Waals surface area contributed by atoms with E-state index in [1.165, 1.54) is 5.69 Å². The highest BCUT2D eigenvalue weighted by Gasteiger charge is 2.26. The highest BCUT2D eigenvalue weighted by Crippen LogP contribution is 2.30. The number of aromatic amines is 1. The molecule has 2 amide bonds. The first kappa shape index (κ1) is 15.7. The number of likely N-dealkylation sites (tertiary alicyclic amines) is 1. The highest BCUT2D eigenvalue weighted by molar-refractivity contribution is 5.82. The summed E-state index contributed by atoms with van der Waals surface area (Å²) in [5, 5.41) is 4.14. The molecule has 0 radical (unpaired) electrons. The second-order valence-corrected chi connectivity index (χ2v) is 6.57. The summed E-state index contributed by atoms with van der Waals surface area (Å²) in [5.41, 5.74) is 2.32. The summed E-state index contributed by atoms with van der Waals surface area (Å²) in [6.07, 6.45) is 2.14. The Morgan fingerprint density at radius 2 is 2.22 bits per heavy atom. The number of amides is 2. The molecule has 1 unspecified atom stereocenters. The number of piperidine rings is 1. The summed E-state index contributed by atoms with van der Waals surface area (Å²) in [6.45, 7) is 5.58. The van der Waals surface area contributed by atoms with Crippen molar-refractivity contribution in [1.82, 2.24) is 15.2 Å². The number of hydrogen-bond donors (Lipinski definition) is 2. The molecule has 124 valence electrons. The van der Waals surface area contributed by atoms with Crippen LogP contribution in [0.1, 0.15) is 38.3 Å². The molecule has 0 bridgehead atoms. The van der Waals surface area contributed by atoms with Crippen molar-refractivity contribution in [3.8, 4) is 5.75 Å². The van der Waals surface area contributed by atoms with Crippen molar-refractivity contribution in [2.24, 2.45) is 0 Å². The van der Waals surface area contributed by atoms with Gasteiger partial charge in [-0.15, -0.1) is 0 Å². The van der Waals surface area contributed by atoms with Crippen LogP contribution < -0.4 is 10.1 Å². The highest BCUT2D eigenvalue weighted by atomic mass is 16.5. The average Bonchev–Trinajstić information content (AvgIpc) is 2.97. The van der Waals surface area contributed by atoms with Gasteiger partial charge in [0, 0.05) is 41.6 Å². The Labute approximate surface area is 137 Å². The van der Waals surface area contributed by atoms with Gasteiger partial charge in [0.1, 0.15) is 5.75 Å². The zero-order chi connectivity index (χ0) is 16.4. The largest absolute Gasteiger partial charge is 0.497 e. The van der Waals surface area contributed by atoms with Gasteiger partial charge in [-0.3, -0.25) is 0 Å². The maximum atomic E-state index is 12.2. The number of fused-ring (bicyclic) bond motifs is 1. The summed E-state index contributed by atoms with van der Waals surface area (Å²) < 4.78 is 5.29. The number of urea groups is 1. The standard InChI is InChI=1S/C18H25N3O2/c1-12(2)19-18(22)21-8-4-5-13(11-21)17-10-14-9-15(23-3)6-7-16(14)20-17/h6-7,9-10,12-13,20H,4-5,8,11H2,1-3H3,(H,19,22). The van der Waals surface area contributed by atoms with Crippen molar-refractivity contribution >= 4 is 16.9 Å². The van der Waals surface area contributed by atoms with Crippen molar-refractivity contribution < 1.29 is 9.53 Å². The molecule has 1 aromatic heterocycles. The van der Waals surface area contributed by atoms with Crippen LogP contribution in [-0.4, -0.2) is 42.2 Å². The third-order valence-electron chi connectivity index (χ3n) is 4.41. The summed E-state index contributed by atoms with van der Waals surface area (Å²) >= 11 is 0. The van der Waals surface area contributed by atoms with Crippen molar-refractivity contribution in [2.75, 3.05) is 20.2 Å². The molecule has 1 aliphatic heterocycles. The molecule has 0 aliphatic carbocycles. The molecule has 2 aromatic rings. The number of nitrogens with zero attached hydrogens (tertiary/aromatic N) is 1. The third-order valence-corrected chi connectivity index (χ3v) is 4.41. The summed E-state index contributed by atoms with van der Waals surface area (Å²) in [6, 6.07) is 8.45. The summed E-state index contributed by atoms with van der Waals surface area (Å²) in [5.74, 6) is 1.23. The first-order valence-corrected chi connectivity index (χ1v) is 8.29. The predicted molar refractivity (Wildman–Crippen MR) is 92.1 cm³/mol. The van der Waals surface area contributed by atoms with E-state index in [0.717, 1.165) is 42.6 Å². The molecule has 0 saturated carbocycles. The van der Waals surface area contributed by atoms with E-state index in [9.17, 15) is 4.79 Å². The zero-order valence-corrected chi connectivity index (χ0v) is 14.1. The van der Waals surface area contributed by atoms with Crippen LogP contribution in [0.3, 0.4) is 0 Å². The van der Waals surface area contributed by atoms with Gasteiger partial charge in [-0.05, 0) is 51.0 Å². The SMILES string of the molecule is COc1ccc2[nH]c(C3CCCN(C(=O)NC(C)C)C3)cc2c1. The molecular formula is C18H25N3O2. The number of methoxy groups -OCH3 is 1. The maximum absolute atomic E-state index is 12.2. The number of nitrogens with one attached hydrogen (secondary N) is 2. The van der Waals surface area contributed by atoms with Gasteiger partial charge >= 0.3 is 6.03 Å². The molecule has 2 N–H and O–H groups in total. The van der Waals surface area contributed by atoms with Gasteiger partial charge in [-0.2, -0.15) is 0 Å². The number of carbonyl (C=O) groups excluding carboxylic acids is 1. The fraction of sp³-hybridized carbons (Fsp3) is 0.500. The molecule has 1 atom stereocenters. The molecule has 2 heterocycles. The Morgan fingerprint density at radius 3 is 2.96 bits per heavy atom. The van der Waals surface area contributed by atoms with Crippen molar-refractivity contribution in [3.05, 3.63) is 30.0 Å². The monoisotopic (exact) mass is 315 g/mol. The lowest BCUT2D eigenvalue weighted by Gasteiger charge is -2.33. The predicted octanol–water partition coefficient (Wildman–Crippen LogP) is 3.47.